The number of nitrogens with zero attached hydrogens (tertiary/aromatic N) is 5. The van der Waals surface area contributed by atoms with E-state index in [4.69, 9.17) is 14.4 Å². The molecule has 0 bridgehead atoms. The number of nitrogens with one attached hydrogen (secondary N) is 1. The van der Waals surface area contributed by atoms with Crippen molar-refractivity contribution in [2.75, 3.05) is 43.1 Å². The van der Waals surface area contributed by atoms with E-state index in [0.29, 0.717) is 57.3 Å². The molecule has 1 aromatic carbocycles. The molecule has 0 atom stereocenters. The van der Waals surface area contributed by atoms with Crippen LogP contribution in [0.5, 0.6) is 0 Å². The maximum absolute atomic E-state index is 14.8. The summed E-state index contributed by atoms with van der Waals surface area (Å²) in [7, 11) is 0. The van der Waals surface area contributed by atoms with Crippen molar-refractivity contribution in [3.8, 4) is 17.5 Å². The molecule has 3 aromatic rings. The van der Waals surface area contributed by atoms with E-state index < -0.39 is 11.6 Å². The van der Waals surface area contributed by atoms with E-state index in [1.807, 2.05) is 19.1 Å². The van der Waals surface area contributed by atoms with Crippen LogP contribution in [-0.4, -0.2) is 53.6 Å². The average Bonchev–Trinajstić information content (AvgIpc) is 3.29. The van der Waals surface area contributed by atoms with Crippen molar-refractivity contribution >= 4 is 23.2 Å². The first kappa shape index (κ1) is 23.7. The Morgan fingerprint density at radius 1 is 1.19 bits per heavy atom. The minimum atomic E-state index is -0.680. The monoisotopic (exact) mass is 494 g/mol. The van der Waals surface area contributed by atoms with E-state index in [9.17, 15) is 13.6 Å². The van der Waals surface area contributed by atoms with Crippen LogP contribution in [0.4, 0.5) is 26.1 Å². The van der Waals surface area contributed by atoms with Gasteiger partial charge in [0.25, 0.3) is 0 Å². The number of ether oxygens (including phenoxy) is 1. The number of amides is 1. The third-order valence-electron chi connectivity index (χ3n) is 6.26. The number of rotatable bonds is 5. The smallest absolute Gasteiger partial charge is 0.237 e. The lowest BCUT2D eigenvalue weighted by atomic mass is 10.1. The Kier molecular flexibility index (Phi) is 6.52. The predicted octanol–water partition coefficient (Wildman–Crippen LogP) is 3.70. The van der Waals surface area contributed by atoms with Crippen LogP contribution in [0.25, 0.3) is 11.5 Å². The standard InChI is InChI=1S/C25H24F2N6O3/c1-15-13-29-25(30-17-11-18(26)24(19(27)12-17)32-6-8-35-9-7-32)31-23(15)21-10-16-14-33(22(34)2-4-28)5-3-20(16)36-21/h10-13H,2-3,5-9,14H2,1H3,(H,29,30,31). The summed E-state index contributed by atoms with van der Waals surface area (Å²) >= 11 is 0. The SMILES string of the molecule is Cc1cnc(Nc2cc(F)c(N3CCOCC3)c(F)c2)nc1-c1cc2c(o1)CCN(C(=O)CC#N)C2. The topological polar surface area (TPSA) is 108 Å². The number of carbonyl (C=O) groups excluding carboxylic acids is 1. The van der Waals surface area contributed by atoms with E-state index >= 15 is 0 Å². The van der Waals surface area contributed by atoms with Crippen LogP contribution in [0.3, 0.4) is 0 Å². The van der Waals surface area contributed by atoms with Gasteiger partial charge in [-0.25, -0.2) is 18.7 Å². The molecule has 1 fully saturated rings. The summed E-state index contributed by atoms with van der Waals surface area (Å²) in [6.07, 6.45) is 1.98. The minimum absolute atomic E-state index is 0.0715. The largest absolute Gasteiger partial charge is 0.459 e. The maximum atomic E-state index is 14.8. The molecule has 2 aliphatic heterocycles. The zero-order chi connectivity index (χ0) is 25.2. The highest BCUT2D eigenvalue weighted by Gasteiger charge is 2.25. The summed E-state index contributed by atoms with van der Waals surface area (Å²) < 4.78 is 40.9. The van der Waals surface area contributed by atoms with Crippen LogP contribution in [0, 0.1) is 29.9 Å². The van der Waals surface area contributed by atoms with Gasteiger partial charge in [-0.15, -0.1) is 0 Å². The summed E-state index contributed by atoms with van der Waals surface area (Å²) in [6.45, 7) is 4.35. The fraction of sp³-hybridized carbons (Fsp3) is 0.360. The molecule has 1 N–H and O–H groups in total. The van der Waals surface area contributed by atoms with Gasteiger partial charge in [-0.3, -0.25) is 4.79 Å². The number of hydrogen-bond acceptors (Lipinski definition) is 8. The van der Waals surface area contributed by atoms with Crippen molar-refractivity contribution in [2.45, 2.75) is 26.3 Å². The fourth-order valence-electron chi connectivity index (χ4n) is 4.45. The Bertz CT molecular complexity index is 1320. The maximum Gasteiger partial charge on any atom is 0.237 e. The molecule has 0 radical (unpaired) electrons. The lowest BCUT2D eigenvalue weighted by molar-refractivity contribution is -0.131. The molecule has 0 unspecified atom stereocenters. The van der Waals surface area contributed by atoms with Crippen molar-refractivity contribution in [2.24, 2.45) is 0 Å². The van der Waals surface area contributed by atoms with Crippen molar-refractivity contribution in [3.05, 3.63) is 52.9 Å². The molecule has 0 spiro atoms. The molecule has 36 heavy (non-hydrogen) atoms. The van der Waals surface area contributed by atoms with Crippen molar-refractivity contribution in [1.29, 1.82) is 5.26 Å². The van der Waals surface area contributed by atoms with E-state index in [2.05, 4.69) is 15.3 Å². The highest BCUT2D eigenvalue weighted by molar-refractivity contribution is 5.78. The van der Waals surface area contributed by atoms with E-state index in [0.717, 1.165) is 16.9 Å². The quantitative estimate of drug-likeness (QED) is 0.572. The second-order valence-electron chi connectivity index (χ2n) is 8.70. The summed E-state index contributed by atoms with van der Waals surface area (Å²) in [5, 5.41) is 11.7. The number of aryl methyl sites for hydroxylation is 1. The van der Waals surface area contributed by atoms with Crippen LogP contribution in [0.2, 0.25) is 0 Å². The van der Waals surface area contributed by atoms with Crippen LogP contribution in [0.15, 0.2) is 28.8 Å². The zero-order valence-corrected chi connectivity index (χ0v) is 19.7. The average molecular weight is 495 g/mol. The molecule has 5 rings (SSSR count). The van der Waals surface area contributed by atoms with Gasteiger partial charge in [0.1, 0.15) is 23.6 Å². The van der Waals surface area contributed by atoms with Gasteiger partial charge in [0.05, 0.1) is 19.3 Å². The lowest BCUT2D eigenvalue weighted by Crippen LogP contribution is -2.37. The van der Waals surface area contributed by atoms with Crippen LogP contribution >= 0.6 is 0 Å². The second kappa shape index (κ2) is 9.91. The number of halogens is 2. The first-order valence-corrected chi connectivity index (χ1v) is 11.6. The zero-order valence-electron chi connectivity index (χ0n) is 19.7. The third-order valence-corrected chi connectivity index (χ3v) is 6.26. The molecular formula is C25H24F2N6O3. The van der Waals surface area contributed by atoms with Gasteiger partial charge in [-0.2, -0.15) is 5.26 Å². The van der Waals surface area contributed by atoms with E-state index in [-0.39, 0.29) is 29.7 Å². The molecule has 0 saturated carbocycles. The first-order valence-electron chi connectivity index (χ1n) is 11.6. The number of anilines is 3. The highest BCUT2D eigenvalue weighted by atomic mass is 19.1. The molecule has 2 aliphatic rings. The normalized spacial score (nSPS) is 15.4. The van der Waals surface area contributed by atoms with Gasteiger partial charge < -0.3 is 24.3 Å². The number of aromatic nitrogens is 2. The van der Waals surface area contributed by atoms with Gasteiger partial charge >= 0.3 is 0 Å². The summed E-state index contributed by atoms with van der Waals surface area (Å²) in [5.41, 5.74) is 2.25. The number of nitriles is 1. The Morgan fingerprint density at radius 3 is 2.67 bits per heavy atom. The highest BCUT2D eigenvalue weighted by Crippen LogP contribution is 2.32. The number of fused-ring (bicyclic) bond motifs is 1. The van der Waals surface area contributed by atoms with Crippen LogP contribution in [0.1, 0.15) is 23.3 Å². The molecule has 1 amide bonds. The Morgan fingerprint density at radius 2 is 1.94 bits per heavy atom. The van der Waals surface area contributed by atoms with Crippen LogP contribution < -0.4 is 10.2 Å². The third kappa shape index (κ3) is 4.72. The van der Waals surface area contributed by atoms with Gasteiger partial charge in [0.15, 0.2) is 17.4 Å². The number of furan rings is 1. The molecule has 9 nitrogen and oxygen atoms in total. The summed E-state index contributed by atoms with van der Waals surface area (Å²) in [5.74, 6) is -0.135. The minimum Gasteiger partial charge on any atom is -0.459 e. The molecule has 0 aliphatic carbocycles. The van der Waals surface area contributed by atoms with Crippen LogP contribution in [-0.2, 0) is 22.5 Å². The lowest BCUT2D eigenvalue weighted by Gasteiger charge is -2.29. The van der Waals surface area contributed by atoms with Gasteiger partial charge in [-0.1, -0.05) is 0 Å². The number of carbonyl (C=O) groups is 1. The van der Waals surface area contributed by atoms with Crippen molar-refractivity contribution < 1.29 is 22.7 Å². The first-order chi connectivity index (χ1) is 17.4. The predicted molar refractivity (Wildman–Crippen MR) is 126 cm³/mol. The number of benzene rings is 1. The van der Waals surface area contributed by atoms with Gasteiger partial charge in [0, 0.05) is 50.0 Å². The molecule has 11 heteroatoms. The molecule has 4 heterocycles. The second-order valence-corrected chi connectivity index (χ2v) is 8.70. The molecule has 186 valence electrons. The Balaban J connectivity index is 1.37. The molecule has 1 saturated heterocycles. The van der Waals surface area contributed by atoms with Gasteiger partial charge in [0.2, 0.25) is 11.9 Å². The molecular weight excluding hydrogens is 470 g/mol. The number of hydrogen-bond donors (Lipinski definition) is 1. The molecule has 2 aromatic heterocycles. The number of morpholine rings is 1. The summed E-state index contributed by atoms with van der Waals surface area (Å²) in [6, 6.07) is 6.15. The fourth-order valence-corrected chi connectivity index (χ4v) is 4.45. The van der Waals surface area contributed by atoms with E-state index in [1.54, 1.807) is 16.0 Å². The Hall–Kier alpha value is -4.04. The summed E-state index contributed by atoms with van der Waals surface area (Å²) in [4.78, 5) is 24.1. The van der Waals surface area contributed by atoms with E-state index in [1.165, 1.54) is 12.1 Å². The Labute approximate surface area is 206 Å². The van der Waals surface area contributed by atoms with Gasteiger partial charge in [-0.05, 0) is 30.7 Å². The van der Waals surface area contributed by atoms with Crippen molar-refractivity contribution in [1.82, 2.24) is 14.9 Å². The van der Waals surface area contributed by atoms with Crippen molar-refractivity contribution in [3.63, 3.8) is 0 Å².